The zero-order valence-electron chi connectivity index (χ0n) is 54.1. The molecule has 3 fully saturated rings. The Labute approximate surface area is 525 Å². The van der Waals surface area contributed by atoms with Gasteiger partial charge in [0.2, 0.25) is 23.6 Å². The van der Waals surface area contributed by atoms with E-state index in [1.165, 1.54) is 17.1 Å². The summed E-state index contributed by atoms with van der Waals surface area (Å²) < 4.78 is 29.3. The Hall–Kier alpha value is -6.89. The number of hydrogen-bond donors (Lipinski definition) is 7. The summed E-state index contributed by atoms with van der Waals surface area (Å²) in [6, 6.07) is 3.55. The predicted molar refractivity (Wildman–Crippen MR) is 334 cm³/mol. The van der Waals surface area contributed by atoms with Crippen molar-refractivity contribution in [2.24, 2.45) is 29.4 Å². The quantitative estimate of drug-likeness (QED) is 0.0162. The highest BCUT2D eigenvalue weighted by atomic mass is 16.6. The summed E-state index contributed by atoms with van der Waals surface area (Å²) in [6.07, 6.45) is 14.6. The van der Waals surface area contributed by atoms with Gasteiger partial charge in [-0.05, 0) is 132 Å². The van der Waals surface area contributed by atoms with E-state index in [4.69, 9.17) is 29.4 Å². The Morgan fingerprint density at radius 1 is 0.865 bits per heavy atom. The van der Waals surface area contributed by atoms with Crippen LogP contribution in [0.5, 0.6) is 0 Å². The van der Waals surface area contributed by atoms with Crippen molar-refractivity contribution in [2.75, 3.05) is 58.8 Å². The van der Waals surface area contributed by atoms with E-state index in [1.54, 1.807) is 64.1 Å². The molecule has 4 aliphatic rings. The van der Waals surface area contributed by atoms with Crippen molar-refractivity contribution >= 4 is 59.3 Å². The number of methoxy groups -OCH3 is 1. The highest BCUT2D eigenvalue weighted by Crippen LogP contribution is 2.47. The van der Waals surface area contributed by atoms with Gasteiger partial charge in [-0.1, -0.05) is 71.4 Å². The first-order valence-electron chi connectivity index (χ1n) is 31.8. The van der Waals surface area contributed by atoms with E-state index in [0.29, 0.717) is 88.0 Å². The number of imide groups is 1. The van der Waals surface area contributed by atoms with Crippen LogP contribution in [0.4, 0.5) is 20.1 Å². The van der Waals surface area contributed by atoms with E-state index < -0.39 is 48.2 Å². The number of amides is 10. The summed E-state index contributed by atoms with van der Waals surface area (Å²) in [7, 11) is 3.24. The van der Waals surface area contributed by atoms with Gasteiger partial charge in [-0.3, -0.25) is 33.7 Å². The average Bonchev–Trinajstić information content (AvgIpc) is 1.85. The number of rotatable bonds is 36. The first-order chi connectivity index (χ1) is 42.3. The molecule has 1 aromatic rings. The van der Waals surface area contributed by atoms with Crippen molar-refractivity contribution in [3.05, 3.63) is 65.8 Å². The molecular weight excluding hydrogens is 1150 g/mol. The summed E-state index contributed by atoms with van der Waals surface area (Å²) in [5, 5.41) is 24.0. The van der Waals surface area contributed by atoms with Crippen LogP contribution in [0, 0.1) is 23.7 Å². The number of anilines is 1. The molecule has 0 spiro atoms. The number of benzene rings is 1. The number of epoxide rings is 1. The molecule has 0 aliphatic carbocycles. The van der Waals surface area contributed by atoms with Crippen LogP contribution in [0.2, 0.25) is 0 Å². The Kier molecular flexibility index (Phi) is 29.5. The van der Waals surface area contributed by atoms with Crippen molar-refractivity contribution in [2.45, 2.75) is 206 Å². The SMILES string of the molecule is CO[C@H]([C@@H](C)[C@H]1O[C@]1(C)C[C@H](C)/C=C/C=C(\C)[C@H]1O[C@@H](CNC(=O)CCCCCOC(=O)N2CCC(N(C)C(=O)OCc3ccc(NC(=O)[C@H](CCCNC(N)=O)NC(=O)[C@@H](NC(=O)CCCCCN4C(=O)C=CC4=O)C(C)C)cc3)C2)CC[C@@H]1C)[C@@H](C)O. The Morgan fingerprint density at radius 2 is 1.55 bits per heavy atom. The number of carbonyl (C=O) groups excluding carboxylic acids is 9. The van der Waals surface area contributed by atoms with E-state index in [0.717, 1.165) is 29.7 Å². The molecule has 496 valence electrons. The molecule has 89 heavy (non-hydrogen) atoms. The van der Waals surface area contributed by atoms with E-state index in [9.17, 15) is 48.3 Å². The Bertz CT molecular complexity index is 2610. The summed E-state index contributed by atoms with van der Waals surface area (Å²) in [6.45, 7) is 17.6. The van der Waals surface area contributed by atoms with Gasteiger partial charge in [0.25, 0.3) is 11.8 Å². The maximum atomic E-state index is 13.7. The third kappa shape index (κ3) is 23.8. The van der Waals surface area contributed by atoms with Crippen LogP contribution in [0.15, 0.2) is 60.2 Å². The van der Waals surface area contributed by atoms with Gasteiger partial charge in [-0.15, -0.1) is 0 Å². The number of hydrogen-bond acceptors (Lipinski definition) is 15. The normalized spacial score (nSPS) is 22.9. The van der Waals surface area contributed by atoms with Crippen LogP contribution in [-0.4, -0.2) is 181 Å². The standard InChI is InChI=1S/C65H101N9O15/c1-41(2)56(71-53(77)23-13-11-15-34-74-54(78)30-31-55(74)79)61(81)70-51(21-18-33-67-62(66)82)60(80)69-48-27-25-47(26-28-48)40-87-63(83)72(9)49-32-35-73(39-49)64(84)86-36-16-12-14-22-52(76)68-38-50-29-24-44(5)57(88-50)43(4)20-17-19-42(3)37-65(8)59(89-65)45(6)58(85-10)46(7)75/h17,19-20,25-28,30-31,41-42,44-46,49-51,56-59,75H,11-16,18,21-24,29,32-40H2,1-10H3,(H,68,76)(H,69,80)(H,70,81)(H,71,77)(H3,66,67,82)/b19-17+,43-20+/t42-,44+,45-,46-,49?,50-,51+,56+,57-,58-,59-,65-/m1/s1. The van der Waals surface area contributed by atoms with Crippen molar-refractivity contribution in [1.29, 1.82) is 0 Å². The second-order valence-electron chi connectivity index (χ2n) is 25.1. The summed E-state index contributed by atoms with van der Waals surface area (Å²) in [5.41, 5.74) is 7.14. The molecular formula is C65H101N9O15. The van der Waals surface area contributed by atoms with Crippen molar-refractivity contribution in [1.82, 2.24) is 36.0 Å². The van der Waals surface area contributed by atoms with E-state index in [1.807, 2.05) is 0 Å². The number of primary amides is 1. The third-order valence-electron chi connectivity index (χ3n) is 17.2. The lowest BCUT2D eigenvalue weighted by atomic mass is 9.85. The summed E-state index contributed by atoms with van der Waals surface area (Å²) in [5.74, 6) is -1.88. The summed E-state index contributed by atoms with van der Waals surface area (Å²) in [4.78, 5) is 118. The molecule has 0 aromatic heterocycles. The number of likely N-dealkylation sites (tertiary alicyclic amines) is 1. The second-order valence-corrected chi connectivity index (χ2v) is 25.1. The number of nitrogens with two attached hydrogens (primary N) is 1. The fraction of sp³-hybridized carbons (Fsp3) is 0.677. The fourth-order valence-corrected chi connectivity index (χ4v) is 11.9. The second kappa shape index (κ2) is 36.1. The lowest BCUT2D eigenvalue weighted by Gasteiger charge is -2.35. The van der Waals surface area contributed by atoms with Gasteiger partial charge in [0, 0.05) is 83.5 Å². The first-order valence-corrected chi connectivity index (χ1v) is 31.8. The third-order valence-corrected chi connectivity index (χ3v) is 17.2. The molecule has 8 N–H and O–H groups in total. The van der Waals surface area contributed by atoms with Gasteiger partial charge in [-0.25, -0.2) is 14.4 Å². The van der Waals surface area contributed by atoms with Crippen LogP contribution >= 0.6 is 0 Å². The Morgan fingerprint density at radius 3 is 2.21 bits per heavy atom. The predicted octanol–water partition coefficient (Wildman–Crippen LogP) is 6.54. The van der Waals surface area contributed by atoms with E-state index in [-0.39, 0.29) is 123 Å². The number of aliphatic hydroxyl groups is 1. The molecule has 5 rings (SSSR count). The minimum Gasteiger partial charge on any atom is -0.449 e. The molecule has 4 aliphatic heterocycles. The fourth-order valence-electron chi connectivity index (χ4n) is 11.9. The molecule has 0 saturated carbocycles. The lowest BCUT2D eigenvalue weighted by Crippen LogP contribution is -2.54. The number of aliphatic hydroxyl groups excluding tert-OH is 1. The number of unbranched alkanes of at least 4 members (excludes halogenated alkanes) is 4. The molecule has 10 amide bonds. The minimum atomic E-state index is -1.06. The highest BCUT2D eigenvalue weighted by molar-refractivity contribution is 6.12. The number of likely N-dealkylation sites (N-methyl/N-ethyl adjacent to an activating group) is 1. The van der Waals surface area contributed by atoms with E-state index >= 15 is 0 Å². The molecule has 4 heterocycles. The number of allylic oxidation sites excluding steroid dienone is 3. The van der Waals surface area contributed by atoms with E-state index in [2.05, 4.69) is 79.4 Å². The monoisotopic (exact) mass is 1250 g/mol. The Balaban J connectivity index is 0.946. The zero-order valence-corrected chi connectivity index (χ0v) is 54.1. The molecule has 1 aromatic carbocycles. The van der Waals surface area contributed by atoms with Crippen LogP contribution < -0.4 is 32.3 Å². The molecule has 24 nitrogen and oxygen atoms in total. The van der Waals surface area contributed by atoms with Gasteiger partial charge in [-0.2, -0.15) is 0 Å². The van der Waals surface area contributed by atoms with Crippen molar-refractivity contribution < 1.29 is 71.9 Å². The molecule has 0 bridgehead atoms. The van der Waals surface area contributed by atoms with Gasteiger partial charge >= 0.3 is 18.2 Å². The molecule has 24 heteroatoms. The van der Waals surface area contributed by atoms with Crippen LogP contribution in [0.3, 0.4) is 0 Å². The molecule has 3 saturated heterocycles. The van der Waals surface area contributed by atoms with Crippen LogP contribution in [0.1, 0.15) is 151 Å². The minimum absolute atomic E-state index is 0.0375. The van der Waals surface area contributed by atoms with Crippen molar-refractivity contribution in [3.8, 4) is 0 Å². The molecule has 0 radical (unpaired) electrons. The number of nitrogens with one attached hydrogen (secondary N) is 5. The average molecular weight is 1250 g/mol. The number of carbonyl (C=O) groups is 9. The summed E-state index contributed by atoms with van der Waals surface area (Å²) >= 11 is 0. The highest BCUT2D eigenvalue weighted by Gasteiger charge is 2.57. The maximum absolute atomic E-state index is 13.7. The number of nitrogens with zero attached hydrogens (tertiary/aromatic N) is 3. The topological polar surface area (TPSA) is 319 Å². The largest absolute Gasteiger partial charge is 0.449 e. The number of urea groups is 1. The van der Waals surface area contributed by atoms with Crippen LogP contribution in [-0.2, 0) is 59.1 Å². The van der Waals surface area contributed by atoms with Gasteiger partial charge in [0.05, 0.1) is 48.8 Å². The van der Waals surface area contributed by atoms with Gasteiger partial charge in [0.15, 0.2) is 0 Å². The molecule has 1 unspecified atom stereocenters. The smallest absolute Gasteiger partial charge is 0.410 e. The van der Waals surface area contributed by atoms with Gasteiger partial charge < -0.3 is 70.9 Å². The maximum Gasteiger partial charge on any atom is 0.410 e. The first kappa shape index (κ1) is 72.9. The number of ether oxygens (including phenoxy) is 5. The molecule has 12 atom stereocenters. The lowest BCUT2D eigenvalue weighted by molar-refractivity contribution is -0.137. The van der Waals surface area contributed by atoms with Crippen LogP contribution in [0.25, 0.3) is 0 Å². The van der Waals surface area contributed by atoms with Gasteiger partial charge in [0.1, 0.15) is 18.7 Å². The zero-order chi connectivity index (χ0) is 65.4. The van der Waals surface area contributed by atoms with Crippen molar-refractivity contribution in [3.63, 3.8) is 0 Å².